The second-order valence-electron chi connectivity index (χ2n) is 4.72. The fourth-order valence-corrected chi connectivity index (χ4v) is 2.32. The number of hydrogen-bond acceptors (Lipinski definition) is 4. The number of amides is 2. The minimum atomic E-state index is -0.618. The van der Waals surface area contributed by atoms with Crippen LogP contribution < -0.4 is 10.9 Å². The van der Waals surface area contributed by atoms with E-state index in [0.29, 0.717) is 15.6 Å². The van der Waals surface area contributed by atoms with Crippen molar-refractivity contribution in [3.05, 3.63) is 79.8 Å². The lowest BCUT2D eigenvalue weighted by atomic mass is 10.2. The van der Waals surface area contributed by atoms with Crippen LogP contribution >= 0.6 is 23.2 Å². The summed E-state index contributed by atoms with van der Waals surface area (Å²) >= 11 is 11.9. The highest BCUT2D eigenvalue weighted by Gasteiger charge is 2.10. The van der Waals surface area contributed by atoms with Crippen molar-refractivity contribution in [1.29, 1.82) is 0 Å². The summed E-state index contributed by atoms with van der Waals surface area (Å²) in [4.78, 5) is 33.6. The second kappa shape index (κ2) is 8.27. The fraction of sp³-hybridized carbons (Fsp3) is 0. The highest BCUT2D eigenvalue weighted by molar-refractivity contribution is 6.37. The molecule has 0 aliphatic rings. The number of hydrogen-bond donors (Lipinski definition) is 2. The lowest BCUT2D eigenvalue weighted by molar-refractivity contribution is -0.384. The van der Waals surface area contributed by atoms with Crippen molar-refractivity contribution in [2.45, 2.75) is 0 Å². The number of nitro groups is 1. The van der Waals surface area contributed by atoms with E-state index in [1.807, 2.05) is 0 Å². The number of carbonyl (C=O) groups excluding carboxylic acids is 2. The third kappa shape index (κ3) is 5.03. The van der Waals surface area contributed by atoms with E-state index in [-0.39, 0.29) is 11.3 Å². The van der Waals surface area contributed by atoms with Crippen LogP contribution in [0.1, 0.15) is 15.9 Å². The maximum absolute atomic E-state index is 11.9. The number of hydrazine groups is 1. The number of nitro benzene ring substituents is 1. The minimum absolute atomic E-state index is 0.139. The lowest BCUT2D eigenvalue weighted by Crippen LogP contribution is -2.40. The average molecular weight is 380 g/mol. The normalized spacial score (nSPS) is 10.5. The van der Waals surface area contributed by atoms with Crippen LogP contribution in [0.3, 0.4) is 0 Å². The van der Waals surface area contributed by atoms with Crippen LogP contribution in [0.4, 0.5) is 5.69 Å². The van der Waals surface area contributed by atoms with Crippen molar-refractivity contribution in [3.8, 4) is 0 Å². The Labute approximate surface area is 152 Å². The summed E-state index contributed by atoms with van der Waals surface area (Å²) in [6.45, 7) is 0. The van der Waals surface area contributed by atoms with Gasteiger partial charge in [-0.05, 0) is 30.3 Å². The van der Waals surface area contributed by atoms with Crippen molar-refractivity contribution < 1.29 is 14.5 Å². The zero-order chi connectivity index (χ0) is 18.4. The Hall–Kier alpha value is -2.90. The van der Waals surface area contributed by atoms with E-state index in [1.165, 1.54) is 30.3 Å². The Bertz CT molecular complexity index is 831. The summed E-state index contributed by atoms with van der Waals surface area (Å²) in [7, 11) is 0. The van der Waals surface area contributed by atoms with Crippen LogP contribution in [0.5, 0.6) is 0 Å². The van der Waals surface area contributed by atoms with Crippen molar-refractivity contribution >= 4 is 46.8 Å². The predicted molar refractivity (Wildman–Crippen MR) is 94.2 cm³/mol. The van der Waals surface area contributed by atoms with Gasteiger partial charge in [-0.3, -0.25) is 30.6 Å². The molecule has 0 saturated heterocycles. The molecule has 2 rings (SSSR count). The molecule has 0 unspecified atom stereocenters. The molecule has 0 aromatic heterocycles. The van der Waals surface area contributed by atoms with Gasteiger partial charge < -0.3 is 0 Å². The first-order valence-electron chi connectivity index (χ1n) is 6.85. The molecular weight excluding hydrogens is 369 g/mol. The number of benzene rings is 2. The van der Waals surface area contributed by atoms with Gasteiger partial charge in [-0.1, -0.05) is 29.3 Å². The number of nitrogens with one attached hydrogen (secondary N) is 2. The van der Waals surface area contributed by atoms with Crippen LogP contribution in [-0.2, 0) is 4.79 Å². The Morgan fingerprint density at radius 3 is 2.16 bits per heavy atom. The molecule has 2 amide bonds. The molecule has 25 heavy (non-hydrogen) atoms. The van der Waals surface area contributed by atoms with E-state index in [2.05, 4.69) is 10.9 Å². The van der Waals surface area contributed by atoms with E-state index >= 15 is 0 Å². The van der Waals surface area contributed by atoms with E-state index in [4.69, 9.17) is 23.2 Å². The number of rotatable bonds is 4. The van der Waals surface area contributed by atoms with E-state index in [9.17, 15) is 19.7 Å². The van der Waals surface area contributed by atoms with Crippen LogP contribution in [0, 0.1) is 10.1 Å². The van der Waals surface area contributed by atoms with Gasteiger partial charge in [0, 0.05) is 39.4 Å². The van der Waals surface area contributed by atoms with Crippen LogP contribution in [0.25, 0.3) is 6.08 Å². The Morgan fingerprint density at radius 2 is 1.60 bits per heavy atom. The Morgan fingerprint density at radius 1 is 1.00 bits per heavy atom. The smallest absolute Gasteiger partial charge is 0.268 e. The van der Waals surface area contributed by atoms with Gasteiger partial charge in [0.25, 0.3) is 17.5 Å². The fourth-order valence-electron chi connectivity index (χ4n) is 1.80. The molecule has 2 aromatic rings. The number of halogens is 2. The molecule has 7 nitrogen and oxygen atoms in total. The predicted octanol–water partition coefficient (Wildman–Crippen LogP) is 3.38. The van der Waals surface area contributed by atoms with Gasteiger partial charge >= 0.3 is 0 Å². The zero-order valence-corrected chi connectivity index (χ0v) is 14.0. The number of carbonyl (C=O) groups is 2. The Balaban J connectivity index is 1.94. The van der Waals surface area contributed by atoms with Crippen molar-refractivity contribution in [2.24, 2.45) is 0 Å². The maximum Gasteiger partial charge on any atom is 0.269 e. The Kier molecular flexibility index (Phi) is 6.10. The molecule has 0 radical (unpaired) electrons. The van der Waals surface area contributed by atoms with E-state index in [1.54, 1.807) is 18.2 Å². The topological polar surface area (TPSA) is 101 Å². The molecule has 9 heteroatoms. The van der Waals surface area contributed by atoms with Gasteiger partial charge in [0.1, 0.15) is 0 Å². The molecule has 0 fully saturated rings. The first-order valence-corrected chi connectivity index (χ1v) is 7.61. The van der Waals surface area contributed by atoms with Crippen molar-refractivity contribution in [3.63, 3.8) is 0 Å². The van der Waals surface area contributed by atoms with Crippen LogP contribution in [-0.4, -0.2) is 16.7 Å². The molecule has 0 aliphatic carbocycles. The summed E-state index contributed by atoms with van der Waals surface area (Å²) in [6, 6.07) is 9.86. The molecule has 128 valence electrons. The summed E-state index contributed by atoms with van der Waals surface area (Å²) in [6.07, 6.45) is 2.57. The molecule has 0 atom stereocenters. The monoisotopic (exact) mass is 379 g/mol. The average Bonchev–Trinajstić information content (AvgIpc) is 2.59. The maximum atomic E-state index is 11.9. The molecule has 0 aliphatic heterocycles. The third-order valence-corrected chi connectivity index (χ3v) is 3.70. The SMILES string of the molecule is O=C(/C=C/c1c(Cl)cccc1Cl)NNC(=O)c1ccc([N+](=O)[O-])cc1. The third-order valence-electron chi connectivity index (χ3n) is 3.04. The summed E-state index contributed by atoms with van der Waals surface area (Å²) in [5.74, 6) is -1.22. The molecule has 2 N–H and O–H groups in total. The lowest BCUT2D eigenvalue weighted by Gasteiger charge is -2.05. The van der Waals surface area contributed by atoms with Gasteiger partial charge in [-0.25, -0.2) is 0 Å². The number of non-ortho nitro benzene ring substituents is 1. The summed E-state index contributed by atoms with van der Waals surface area (Å²) < 4.78 is 0. The van der Waals surface area contributed by atoms with E-state index in [0.717, 1.165) is 6.08 Å². The highest BCUT2D eigenvalue weighted by Crippen LogP contribution is 2.25. The van der Waals surface area contributed by atoms with Crippen LogP contribution in [0.2, 0.25) is 10.0 Å². The standard InChI is InChI=1S/C16H11Cl2N3O4/c17-13-2-1-3-14(18)12(13)8-9-15(22)19-20-16(23)10-4-6-11(7-5-10)21(24)25/h1-9H,(H,19,22)(H,20,23)/b9-8+. The quantitative estimate of drug-likeness (QED) is 0.482. The largest absolute Gasteiger partial charge is 0.269 e. The number of nitrogens with zero attached hydrogens (tertiary/aromatic N) is 1. The molecule has 2 aromatic carbocycles. The molecule has 0 bridgehead atoms. The van der Waals surface area contributed by atoms with Gasteiger partial charge in [0.2, 0.25) is 0 Å². The molecule has 0 spiro atoms. The second-order valence-corrected chi connectivity index (χ2v) is 5.53. The van der Waals surface area contributed by atoms with Crippen molar-refractivity contribution in [2.75, 3.05) is 0 Å². The van der Waals surface area contributed by atoms with Gasteiger partial charge in [0.05, 0.1) is 4.92 Å². The highest BCUT2D eigenvalue weighted by atomic mass is 35.5. The summed E-state index contributed by atoms with van der Waals surface area (Å²) in [5, 5.41) is 11.3. The zero-order valence-electron chi connectivity index (χ0n) is 12.5. The van der Waals surface area contributed by atoms with Crippen molar-refractivity contribution in [1.82, 2.24) is 10.9 Å². The first-order chi connectivity index (χ1) is 11.9. The first kappa shape index (κ1) is 18.4. The van der Waals surface area contributed by atoms with Gasteiger partial charge in [-0.2, -0.15) is 0 Å². The van der Waals surface area contributed by atoms with Gasteiger partial charge in [-0.15, -0.1) is 0 Å². The van der Waals surface area contributed by atoms with Gasteiger partial charge in [0.15, 0.2) is 0 Å². The molecule has 0 saturated carbocycles. The molecular formula is C16H11Cl2N3O4. The van der Waals surface area contributed by atoms with E-state index < -0.39 is 16.7 Å². The minimum Gasteiger partial charge on any atom is -0.268 e. The van der Waals surface area contributed by atoms with Crippen LogP contribution in [0.15, 0.2) is 48.5 Å². The molecule has 0 heterocycles. The summed E-state index contributed by atoms with van der Waals surface area (Å²) in [5.41, 5.74) is 4.86.